The Hall–Kier alpha value is -2.77. The van der Waals surface area contributed by atoms with E-state index in [4.69, 9.17) is 10.00 Å². The van der Waals surface area contributed by atoms with E-state index in [1.54, 1.807) is 13.2 Å². The van der Waals surface area contributed by atoms with Crippen LogP contribution >= 0.6 is 0 Å². The van der Waals surface area contributed by atoms with E-state index in [2.05, 4.69) is 12.1 Å². The normalized spacial score (nSPS) is 18.0. The maximum Gasteiger partial charge on any atom is 0.141 e. The Labute approximate surface area is 207 Å². The molecule has 35 heavy (non-hydrogen) atoms. The van der Waals surface area contributed by atoms with Crippen LogP contribution in [-0.4, -0.2) is 13.7 Å². The first-order chi connectivity index (χ1) is 17.1. The fourth-order valence-corrected chi connectivity index (χ4v) is 5.51. The maximum atomic E-state index is 15.2. The second-order valence-electron chi connectivity index (χ2n) is 10.1. The summed E-state index contributed by atoms with van der Waals surface area (Å²) in [5.74, 6) is 0.965. The summed E-state index contributed by atoms with van der Waals surface area (Å²) >= 11 is 0. The van der Waals surface area contributed by atoms with Crippen LogP contribution in [0.5, 0.6) is 0 Å². The third kappa shape index (κ3) is 6.67. The molecular formula is C31H35F2NO. The van der Waals surface area contributed by atoms with Crippen LogP contribution < -0.4 is 0 Å². The molecule has 0 atom stereocenters. The molecule has 1 fully saturated rings. The molecule has 4 heteroatoms. The largest absolute Gasteiger partial charge is 0.385 e. The lowest BCUT2D eigenvalue weighted by Gasteiger charge is -2.28. The molecule has 0 radical (unpaired) electrons. The highest BCUT2D eigenvalue weighted by Gasteiger charge is 2.20. The van der Waals surface area contributed by atoms with Crippen LogP contribution in [0.2, 0.25) is 0 Å². The number of benzene rings is 3. The molecule has 0 spiro atoms. The molecule has 0 aliphatic heterocycles. The zero-order valence-electron chi connectivity index (χ0n) is 20.7. The molecule has 0 aromatic heterocycles. The van der Waals surface area contributed by atoms with Crippen LogP contribution in [0, 0.1) is 34.8 Å². The van der Waals surface area contributed by atoms with Crippen LogP contribution in [0.15, 0.2) is 48.5 Å². The molecule has 0 N–H and O–H groups in total. The fourth-order valence-electron chi connectivity index (χ4n) is 5.51. The van der Waals surface area contributed by atoms with E-state index >= 15 is 4.39 Å². The number of ether oxygens (including phenoxy) is 1. The number of hydrogen-bond acceptors (Lipinski definition) is 2. The van der Waals surface area contributed by atoms with E-state index < -0.39 is 5.82 Å². The second kappa shape index (κ2) is 12.3. The van der Waals surface area contributed by atoms with Crippen molar-refractivity contribution in [3.8, 4) is 6.07 Å². The summed E-state index contributed by atoms with van der Waals surface area (Å²) in [5, 5.41) is 10.5. The first kappa shape index (κ1) is 25.3. The van der Waals surface area contributed by atoms with Crippen molar-refractivity contribution in [2.75, 3.05) is 13.7 Å². The van der Waals surface area contributed by atoms with Gasteiger partial charge in [-0.15, -0.1) is 0 Å². The number of halogens is 2. The van der Waals surface area contributed by atoms with Gasteiger partial charge in [0.15, 0.2) is 0 Å². The van der Waals surface area contributed by atoms with Gasteiger partial charge < -0.3 is 4.74 Å². The van der Waals surface area contributed by atoms with Gasteiger partial charge in [0.2, 0.25) is 0 Å². The van der Waals surface area contributed by atoms with E-state index in [0.717, 1.165) is 35.8 Å². The highest BCUT2D eigenvalue weighted by molar-refractivity contribution is 5.84. The van der Waals surface area contributed by atoms with Gasteiger partial charge in [-0.1, -0.05) is 62.1 Å². The zero-order valence-corrected chi connectivity index (χ0v) is 20.7. The van der Waals surface area contributed by atoms with Crippen molar-refractivity contribution in [2.24, 2.45) is 11.8 Å². The van der Waals surface area contributed by atoms with Gasteiger partial charge in [-0.25, -0.2) is 8.78 Å². The molecule has 1 aliphatic carbocycles. The van der Waals surface area contributed by atoms with Gasteiger partial charge in [0.25, 0.3) is 0 Å². The summed E-state index contributed by atoms with van der Waals surface area (Å²) < 4.78 is 34.2. The molecule has 1 aliphatic rings. The fraction of sp³-hybridized carbons (Fsp3) is 0.452. The van der Waals surface area contributed by atoms with Crippen molar-refractivity contribution in [2.45, 2.75) is 64.2 Å². The van der Waals surface area contributed by atoms with Gasteiger partial charge in [-0.2, -0.15) is 5.26 Å². The molecule has 3 aromatic carbocycles. The Morgan fingerprint density at radius 2 is 1.57 bits per heavy atom. The van der Waals surface area contributed by atoms with Gasteiger partial charge in [0.1, 0.15) is 17.7 Å². The Morgan fingerprint density at radius 3 is 2.29 bits per heavy atom. The number of rotatable bonds is 10. The van der Waals surface area contributed by atoms with Gasteiger partial charge >= 0.3 is 0 Å². The quantitative estimate of drug-likeness (QED) is 0.279. The number of methoxy groups -OCH3 is 1. The Bertz CT molecular complexity index is 1170. The van der Waals surface area contributed by atoms with E-state index in [1.165, 1.54) is 62.6 Å². The van der Waals surface area contributed by atoms with Crippen LogP contribution in [-0.2, 0) is 24.0 Å². The van der Waals surface area contributed by atoms with Gasteiger partial charge in [-0.05, 0) is 84.6 Å². The molecule has 1 saturated carbocycles. The Kier molecular flexibility index (Phi) is 8.88. The smallest absolute Gasteiger partial charge is 0.141 e. The summed E-state index contributed by atoms with van der Waals surface area (Å²) in [7, 11) is 1.78. The average molecular weight is 476 g/mol. The topological polar surface area (TPSA) is 33.0 Å². The van der Waals surface area contributed by atoms with Crippen LogP contribution in [0.3, 0.4) is 0 Å². The summed E-state index contributed by atoms with van der Waals surface area (Å²) in [6.07, 6.45) is 11.1. The van der Waals surface area contributed by atoms with Crippen LogP contribution in [0.1, 0.15) is 67.2 Å². The van der Waals surface area contributed by atoms with E-state index in [1.807, 2.05) is 24.3 Å². The monoisotopic (exact) mass is 475 g/mol. The lowest BCUT2D eigenvalue weighted by Crippen LogP contribution is -2.15. The number of nitrogens with zero attached hydrogens (tertiary/aromatic N) is 1. The summed E-state index contributed by atoms with van der Waals surface area (Å²) in [6.45, 7) is 0.876. The molecule has 0 heterocycles. The van der Waals surface area contributed by atoms with Crippen molar-refractivity contribution in [1.82, 2.24) is 0 Å². The van der Waals surface area contributed by atoms with Crippen molar-refractivity contribution in [3.63, 3.8) is 0 Å². The third-order valence-corrected chi connectivity index (χ3v) is 7.70. The molecular weight excluding hydrogens is 440 g/mol. The van der Waals surface area contributed by atoms with Crippen molar-refractivity contribution in [3.05, 3.63) is 82.4 Å². The van der Waals surface area contributed by atoms with E-state index in [-0.39, 0.29) is 11.4 Å². The minimum absolute atomic E-state index is 0.0343. The van der Waals surface area contributed by atoms with Crippen LogP contribution in [0.25, 0.3) is 10.8 Å². The molecule has 0 amide bonds. The first-order valence-electron chi connectivity index (χ1n) is 12.9. The summed E-state index contributed by atoms with van der Waals surface area (Å²) in [6, 6.07) is 16.4. The van der Waals surface area contributed by atoms with Crippen molar-refractivity contribution >= 4 is 10.8 Å². The van der Waals surface area contributed by atoms with Gasteiger partial charge in [0, 0.05) is 19.1 Å². The predicted molar refractivity (Wildman–Crippen MR) is 137 cm³/mol. The second-order valence-corrected chi connectivity index (χ2v) is 10.1. The third-order valence-electron chi connectivity index (χ3n) is 7.70. The summed E-state index contributed by atoms with van der Waals surface area (Å²) in [5.41, 5.74) is 2.71. The Balaban J connectivity index is 1.32. The SMILES string of the molecule is COCCCC1CCC(CCc2ccc3c(F)c(CCc4ccc(C#N)c(F)c4)ccc3c2)CC1. The molecule has 0 bridgehead atoms. The highest BCUT2D eigenvalue weighted by atomic mass is 19.1. The maximum absolute atomic E-state index is 15.2. The van der Waals surface area contributed by atoms with Crippen LogP contribution in [0.4, 0.5) is 8.78 Å². The number of fused-ring (bicyclic) bond motifs is 1. The molecule has 3 aromatic rings. The van der Waals surface area contributed by atoms with Crippen molar-refractivity contribution in [1.29, 1.82) is 5.26 Å². The zero-order chi connectivity index (χ0) is 24.6. The minimum Gasteiger partial charge on any atom is -0.385 e. The molecule has 0 unspecified atom stereocenters. The number of aryl methyl sites for hydroxylation is 3. The Morgan fingerprint density at radius 1 is 0.857 bits per heavy atom. The average Bonchev–Trinajstić information content (AvgIpc) is 2.88. The molecule has 4 rings (SSSR count). The van der Waals surface area contributed by atoms with Gasteiger partial charge in [0.05, 0.1) is 5.56 Å². The minimum atomic E-state index is -0.522. The van der Waals surface area contributed by atoms with Gasteiger partial charge in [-0.3, -0.25) is 0 Å². The summed E-state index contributed by atoms with van der Waals surface area (Å²) in [4.78, 5) is 0. The molecule has 184 valence electrons. The number of hydrogen-bond donors (Lipinski definition) is 0. The van der Waals surface area contributed by atoms with E-state index in [0.29, 0.717) is 23.8 Å². The lowest BCUT2D eigenvalue weighted by atomic mass is 9.78. The standard InChI is InChI=1S/C31H35F2NO/c1-35-18-2-3-22-4-6-23(7-5-22)8-9-24-12-17-29-27(19-24)16-15-26(31(29)33)13-10-25-11-14-28(21-34)30(32)20-25/h11-12,14-17,19-20,22-23H,2-10,13,18H2,1H3. The van der Waals surface area contributed by atoms with Crippen molar-refractivity contribution < 1.29 is 13.5 Å². The predicted octanol–water partition coefficient (Wildman–Crippen LogP) is 7.94. The number of nitriles is 1. The highest BCUT2D eigenvalue weighted by Crippen LogP contribution is 2.34. The molecule has 0 saturated heterocycles. The molecule has 2 nitrogen and oxygen atoms in total. The first-order valence-corrected chi connectivity index (χ1v) is 12.9. The van der Waals surface area contributed by atoms with E-state index in [9.17, 15) is 4.39 Å². The lowest BCUT2D eigenvalue weighted by molar-refractivity contribution is 0.175.